The molecule has 0 radical (unpaired) electrons. The molecule has 1 aliphatic heterocycles. The summed E-state index contributed by atoms with van der Waals surface area (Å²) in [6.07, 6.45) is 0.902. The van der Waals surface area contributed by atoms with Gasteiger partial charge in [0.15, 0.2) is 0 Å². The SMILES string of the molecule is CC(Oc1ccc2c(c1)SC(C(=N)N)C2)c1cccs1. The third kappa shape index (κ3) is 2.69. The van der Waals surface area contributed by atoms with Crippen LogP contribution in [0, 0.1) is 5.41 Å². The number of amidine groups is 1. The van der Waals surface area contributed by atoms with Crippen LogP contribution < -0.4 is 10.5 Å². The zero-order valence-corrected chi connectivity index (χ0v) is 12.8. The predicted octanol–water partition coefficient (Wildman–Crippen LogP) is 3.84. The molecule has 0 spiro atoms. The maximum absolute atomic E-state index is 7.56. The lowest BCUT2D eigenvalue weighted by Gasteiger charge is -2.13. The van der Waals surface area contributed by atoms with Crippen molar-refractivity contribution in [3.8, 4) is 5.75 Å². The summed E-state index contributed by atoms with van der Waals surface area (Å²) in [5.74, 6) is 1.13. The van der Waals surface area contributed by atoms with Crippen molar-refractivity contribution in [1.82, 2.24) is 0 Å². The van der Waals surface area contributed by atoms with Crippen LogP contribution in [0.2, 0.25) is 0 Å². The third-order valence-electron chi connectivity index (χ3n) is 3.32. The van der Waals surface area contributed by atoms with Gasteiger partial charge in [-0.05, 0) is 42.5 Å². The zero-order chi connectivity index (χ0) is 14.1. The van der Waals surface area contributed by atoms with Gasteiger partial charge in [-0.1, -0.05) is 12.1 Å². The van der Waals surface area contributed by atoms with E-state index < -0.39 is 0 Å². The molecule has 2 unspecified atom stereocenters. The summed E-state index contributed by atoms with van der Waals surface area (Å²) >= 11 is 3.36. The van der Waals surface area contributed by atoms with Gasteiger partial charge >= 0.3 is 0 Å². The Labute approximate surface area is 126 Å². The number of ether oxygens (including phenoxy) is 1. The molecule has 3 rings (SSSR count). The largest absolute Gasteiger partial charge is 0.485 e. The van der Waals surface area contributed by atoms with Crippen molar-refractivity contribution in [2.24, 2.45) is 5.73 Å². The number of hydrogen-bond donors (Lipinski definition) is 2. The van der Waals surface area contributed by atoms with Crippen molar-refractivity contribution in [3.05, 3.63) is 46.2 Å². The standard InChI is InChI=1S/C15H16N2OS2/c1-9(12-3-2-6-19-12)18-11-5-4-10-7-14(15(16)17)20-13(10)8-11/h2-6,8-9,14H,7H2,1H3,(H3,16,17). The Morgan fingerprint density at radius 2 is 2.30 bits per heavy atom. The van der Waals surface area contributed by atoms with Crippen LogP contribution in [0.25, 0.3) is 0 Å². The van der Waals surface area contributed by atoms with Gasteiger partial charge in [-0.2, -0.15) is 0 Å². The third-order valence-corrected chi connectivity index (χ3v) is 5.69. The van der Waals surface area contributed by atoms with Gasteiger partial charge in [-0.3, -0.25) is 5.41 Å². The second-order valence-electron chi connectivity index (χ2n) is 4.81. The van der Waals surface area contributed by atoms with Gasteiger partial charge in [-0.15, -0.1) is 23.1 Å². The average molecular weight is 304 g/mol. The van der Waals surface area contributed by atoms with Gasteiger partial charge in [0.25, 0.3) is 0 Å². The molecule has 1 aromatic carbocycles. The van der Waals surface area contributed by atoms with E-state index >= 15 is 0 Å². The molecule has 0 aliphatic carbocycles. The first-order chi connectivity index (χ1) is 9.63. The second kappa shape index (κ2) is 5.50. The van der Waals surface area contributed by atoms with Gasteiger partial charge in [0.05, 0.1) is 5.25 Å². The van der Waals surface area contributed by atoms with Crippen LogP contribution in [0.1, 0.15) is 23.5 Å². The summed E-state index contributed by atoms with van der Waals surface area (Å²) in [7, 11) is 0. The van der Waals surface area contributed by atoms with Crippen molar-refractivity contribution in [2.45, 2.75) is 29.6 Å². The topological polar surface area (TPSA) is 59.1 Å². The fourth-order valence-electron chi connectivity index (χ4n) is 2.24. The summed E-state index contributed by atoms with van der Waals surface area (Å²) in [6.45, 7) is 2.06. The molecule has 3 nitrogen and oxygen atoms in total. The highest BCUT2D eigenvalue weighted by Gasteiger charge is 2.25. The molecule has 2 aromatic rings. The lowest BCUT2D eigenvalue weighted by atomic mass is 10.1. The number of nitrogens with one attached hydrogen (secondary N) is 1. The maximum atomic E-state index is 7.56. The highest BCUT2D eigenvalue weighted by molar-refractivity contribution is 8.01. The van der Waals surface area contributed by atoms with E-state index in [0.29, 0.717) is 0 Å². The molecular weight excluding hydrogens is 288 g/mol. The second-order valence-corrected chi connectivity index (χ2v) is 7.03. The molecule has 104 valence electrons. The van der Waals surface area contributed by atoms with Gasteiger partial charge in [0.1, 0.15) is 17.7 Å². The molecule has 0 bridgehead atoms. The minimum absolute atomic E-state index is 0.0584. The van der Waals surface area contributed by atoms with E-state index in [2.05, 4.69) is 30.5 Å². The maximum Gasteiger partial charge on any atom is 0.130 e. The molecule has 0 saturated carbocycles. The fraction of sp³-hybridized carbons (Fsp3) is 0.267. The van der Waals surface area contributed by atoms with Crippen LogP contribution in [-0.2, 0) is 6.42 Å². The van der Waals surface area contributed by atoms with Crippen molar-refractivity contribution in [1.29, 1.82) is 5.41 Å². The van der Waals surface area contributed by atoms with Crippen molar-refractivity contribution >= 4 is 28.9 Å². The number of hydrogen-bond acceptors (Lipinski definition) is 4. The number of thioether (sulfide) groups is 1. The first-order valence-electron chi connectivity index (χ1n) is 6.47. The first-order valence-corrected chi connectivity index (χ1v) is 8.23. The molecule has 0 fully saturated rings. The monoisotopic (exact) mass is 304 g/mol. The highest BCUT2D eigenvalue weighted by atomic mass is 32.2. The Morgan fingerprint density at radius 1 is 1.45 bits per heavy atom. The normalized spacial score (nSPS) is 18.6. The Kier molecular flexibility index (Phi) is 3.72. The lowest BCUT2D eigenvalue weighted by Crippen LogP contribution is -2.24. The molecule has 2 atom stereocenters. The molecule has 5 heteroatoms. The molecular formula is C15H16N2OS2. The average Bonchev–Trinajstić information content (AvgIpc) is 3.07. The highest BCUT2D eigenvalue weighted by Crippen LogP contribution is 2.39. The van der Waals surface area contributed by atoms with Crippen LogP contribution >= 0.6 is 23.1 Å². The number of rotatable bonds is 4. The summed E-state index contributed by atoms with van der Waals surface area (Å²) in [4.78, 5) is 2.40. The Morgan fingerprint density at radius 3 is 3.00 bits per heavy atom. The molecule has 0 amide bonds. The van der Waals surface area contributed by atoms with Crippen LogP contribution in [-0.4, -0.2) is 11.1 Å². The van der Waals surface area contributed by atoms with Gasteiger partial charge < -0.3 is 10.5 Å². The van der Waals surface area contributed by atoms with Crippen LogP contribution in [0.5, 0.6) is 5.75 Å². The van der Waals surface area contributed by atoms with Crippen LogP contribution in [0.15, 0.2) is 40.6 Å². The van der Waals surface area contributed by atoms with E-state index in [4.69, 9.17) is 15.9 Å². The van der Waals surface area contributed by atoms with Crippen molar-refractivity contribution in [2.75, 3.05) is 0 Å². The smallest absolute Gasteiger partial charge is 0.130 e. The number of fused-ring (bicyclic) bond motifs is 1. The zero-order valence-electron chi connectivity index (χ0n) is 11.1. The minimum atomic E-state index is 0.0584. The summed E-state index contributed by atoms with van der Waals surface area (Å²) in [5.41, 5.74) is 6.85. The summed E-state index contributed by atoms with van der Waals surface area (Å²) < 4.78 is 5.99. The van der Waals surface area contributed by atoms with E-state index in [1.54, 1.807) is 23.1 Å². The van der Waals surface area contributed by atoms with E-state index in [9.17, 15) is 0 Å². The minimum Gasteiger partial charge on any atom is -0.485 e. The van der Waals surface area contributed by atoms with E-state index in [-0.39, 0.29) is 17.2 Å². The van der Waals surface area contributed by atoms with Crippen LogP contribution in [0.3, 0.4) is 0 Å². The molecule has 2 heterocycles. The van der Waals surface area contributed by atoms with Gasteiger partial charge in [0, 0.05) is 9.77 Å². The first kappa shape index (κ1) is 13.5. The molecule has 1 aliphatic rings. The molecule has 1 aromatic heterocycles. The van der Waals surface area contributed by atoms with Crippen molar-refractivity contribution in [3.63, 3.8) is 0 Å². The quantitative estimate of drug-likeness (QED) is 0.666. The number of thiophene rings is 1. The van der Waals surface area contributed by atoms with E-state index in [1.807, 2.05) is 12.1 Å². The molecule has 0 saturated heterocycles. The van der Waals surface area contributed by atoms with E-state index in [0.717, 1.165) is 12.2 Å². The molecule has 3 N–H and O–H groups in total. The Balaban J connectivity index is 1.74. The fourth-order valence-corrected chi connectivity index (χ4v) is 4.13. The van der Waals surface area contributed by atoms with Crippen LogP contribution in [0.4, 0.5) is 0 Å². The number of benzene rings is 1. The predicted molar refractivity (Wildman–Crippen MR) is 85.1 cm³/mol. The van der Waals surface area contributed by atoms with Gasteiger partial charge in [-0.25, -0.2) is 0 Å². The Bertz CT molecular complexity index is 625. The number of nitrogens with two attached hydrogens (primary N) is 1. The summed E-state index contributed by atoms with van der Waals surface area (Å²) in [6, 6.07) is 10.3. The van der Waals surface area contributed by atoms with Crippen molar-refractivity contribution < 1.29 is 4.74 Å². The molecule has 20 heavy (non-hydrogen) atoms. The van der Waals surface area contributed by atoms with E-state index in [1.165, 1.54) is 15.3 Å². The Hall–Kier alpha value is -1.46. The summed E-state index contributed by atoms with van der Waals surface area (Å²) in [5, 5.41) is 9.70. The van der Waals surface area contributed by atoms with Gasteiger partial charge in [0.2, 0.25) is 0 Å². The lowest BCUT2D eigenvalue weighted by molar-refractivity contribution is 0.230.